The summed E-state index contributed by atoms with van der Waals surface area (Å²) >= 11 is 0. The highest BCUT2D eigenvalue weighted by molar-refractivity contribution is 5.59. The number of nitrogens with zero attached hydrogens (tertiary/aromatic N) is 3. The van der Waals surface area contributed by atoms with E-state index >= 15 is 0 Å². The van der Waals surface area contributed by atoms with Crippen molar-refractivity contribution >= 4 is 5.82 Å². The Hall–Kier alpha value is -3.48. The van der Waals surface area contributed by atoms with Gasteiger partial charge in [0.05, 0.1) is 13.3 Å². The summed E-state index contributed by atoms with van der Waals surface area (Å²) in [5.41, 5.74) is 0.730. The highest BCUT2D eigenvalue weighted by Crippen LogP contribution is 2.20. The number of hydrogen-bond donors (Lipinski definition) is 0. The van der Waals surface area contributed by atoms with Gasteiger partial charge < -0.3 is 14.9 Å². The van der Waals surface area contributed by atoms with E-state index < -0.39 is 16.3 Å². The van der Waals surface area contributed by atoms with Gasteiger partial charge in [-0.05, 0) is 34.2 Å². The molecule has 7 heteroatoms. The molecule has 3 aromatic rings. The zero-order chi connectivity index (χ0) is 17.1. The third-order valence-corrected chi connectivity index (χ3v) is 3.48. The van der Waals surface area contributed by atoms with Crippen molar-refractivity contribution in [2.45, 2.75) is 0 Å². The maximum atomic E-state index is 12.4. The van der Waals surface area contributed by atoms with Crippen molar-refractivity contribution in [1.82, 2.24) is 9.55 Å². The van der Waals surface area contributed by atoms with E-state index in [1.165, 1.54) is 17.9 Å². The van der Waals surface area contributed by atoms with Crippen LogP contribution < -0.4 is 10.3 Å². The van der Waals surface area contributed by atoms with Gasteiger partial charge in [0, 0.05) is 11.3 Å². The lowest BCUT2D eigenvalue weighted by Gasteiger charge is -2.07. The number of nitro groups is 1. The predicted octanol–water partition coefficient (Wildman–Crippen LogP) is 2.82. The Bertz CT molecular complexity index is 934. The molecule has 1 heterocycles. The predicted molar refractivity (Wildman–Crippen MR) is 88.5 cm³/mol. The lowest BCUT2D eigenvalue weighted by Crippen LogP contribution is -2.22. The minimum Gasteiger partial charge on any atom is -0.497 e. The summed E-state index contributed by atoms with van der Waals surface area (Å²) in [5.74, 6) is -0.0918. The first-order valence-corrected chi connectivity index (χ1v) is 7.08. The molecule has 24 heavy (non-hydrogen) atoms. The second-order valence-electron chi connectivity index (χ2n) is 4.95. The van der Waals surface area contributed by atoms with Crippen LogP contribution in [0.5, 0.6) is 5.75 Å². The fourth-order valence-corrected chi connectivity index (χ4v) is 2.28. The van der Waals surface area contributed by atoms with E-state index in [9.17, 15) is 14.9 Å². The molecule has 0 aliphatic heterocycles. The van der Waals surface area contributed by atoms with Gasteiger partial charge in [-0.1, -0.05) is 30.3 Å². The molecule has 0 unspecified atom stereocenters. The van der Waals surface area contributed by atoms with Crippen LogP contribution in [0.3, 0.4) is 0 Å². The maximum Gasteiger partial charge on any atom is 0.431 e. The molecule has 0 spiro atoms. The Balaban J connectivity index is 2.22. The van der Waals surface area contributed by atoms with Crippen LogP contribution in [0.1, 0.15) is 0 Å². The summed E-state index contributed by atoms with van der Waals surface area (Å²) < 4.78 is 6.30. The van der Waals surface area contributed by atoms with Crippen LogP contribution in [0.4, 0.5) is 5.82 Å². The van der Waals surface area contributed by atoms with E-state index in [1.807, 2.05) is 6.07 Å². The van der Waals surface area contributed by atoms with E-state index in [1.54, 1.807) is 48.5 Å². The van der Waals surface area contributed by atoms with Crippen molar-refractivity contribution in [2.75, 3.05) is 7.11 Å². The van der Waals surface area contributed by atoms with Gasteiger partial charge in [0.1, 0.15) is 5.75 Å². The van der Waals surface area contributed by atoms with E-state index in [0.717, 1.165) is 0 Å². The van der Waals surface area contributed by atoms with Crippen molar-refractivity contribution in [3.8, 4) is 22.7 Å². The van der Waals surface area contributed by atoms with Gasteiger partial charge in [-0.3, -0.25) is 9.36 Å². The van der Waals surface area contributed by atoms with E-state index in [4.69, 9.17) is 4.74 Å². The molecule has 3 rings (SSSR count). The topological polar surface area (TPSA) is 87.3 Å². The minimum atomic E-state index is -0.787. The second kappa shape index (κ2) is 6.33. The zero-order valence-electron chi connectivity index (χ0n) is 12.7. The number of methoxy groups -OCH3 is 1. The molecule has 0 bridgehead atoms. The molecule has 0 aliphatic carbocycles. The van der Waals surface area contributed by atoms with Crippen LogP contribution >= 0.6 is 0 Å². The fourth-order valence-electron chi connectivity index (χ4n) is 2.28. The van der Waals surface area contributed by atoms with Crippen molar-refractivity contribution in [1.29, 1.82) is 0 Å². The van der Waals surface area contributed by atoms with E-state index in [2.05, 4.69) is 4.98 Å². The lowest BCUT2D eigenvalue weighted by atomic mass is 10.1. The molecule has 0 N–H and O–H groups in total. The first-order valence-electron chi connectivity index (χ1n) is 7.08. The quantitative estimate of drug-likeness (QED) is 0.544. The normalized spacial score (nSPS) is 10.4. The van der Waals surface area contributed by atoms with Gasteiger partial charge in [-0.2, -0.15) is 0 Å². The Morgan fingerprint density at radius 3 is 2.33 bits per heavy atom. The molecule has 0 aliphatic rings. The average Bonchev–Trinajstić information content (AvgIpc) is 2.62. The van der Waals surface area contributed by atoms with Crippen LogP contribution in [0, 0.1) is 10.1 Å². The summed E-state index contributed by atoms with van der Waals surface area (Å²) in [5, 5.41) is 11.2. The lowest BCUT2D eigenvalue weighted by molar-refractivity contribution is -0.391. The monoisotopic (exact) mass is 323 g/mol. The van der Waals surface area contributed by atoms with Crippen LogP contribution in [0.25, 0.3) is 16.9 Å². The number of rotatable bonds is 4. The molecule has 1 aromatic heterocycles. The van der Waals surface area contributed by atoms with E-state index in [0.29, 0.717) is 22.7 Å². The molecular formula is C17H13N3O4. The van der Waals surface area contributed by atoms with Gasteiger partial charge in [0.2, 0.25) is 0 Å². The summed E-state index contributed by atoms with van der Waals surface area (Å²) in [6.07, 6.45) is 1.49. The molecule has 2 aromatic carbocycles. The number of ether oxygens (including phenoxy) is 1. The smallest absolute Gasteiger partial charge is 0.431 e. The standard InChI is InChI=1S/C17H13N3O4/c1-24-14-9-7-13(8-10-14)19-11-15(12-5-3-2-4-6-12)18-16(17(19)21)20(22)23/h2-11H,1H3. The van der Waals surface area contributed by atoms with Crippen molar-refractivity contribution in [3.05, 3.63) is 81.3 Å². The molecular weight excluding hydrogens is 310 g/mol. The maximum absolute atomic E-state index is 12.4. The highest BCUT2D eigenvalue weighted by Gasteiger charge is 2.21. The van der Waals surface area contributed by atoms with Crippen LogP contribution in [0.15, 0.2) is 65.6 Å². The minimum absolute atomic E-state index is 0.345. The first-order chi connectivity index (χ1) is 11.6. The third-order valence-electron chi connectivity index (χ3n) is 3.48. The second-order valence-corrected chi connectivity index (χ2v) is 4.95. The number of benzene rings is 2. The van der Waals surface area contributed by atoms with Gasteiger partial charge >= 0.3 is 11.4 Å². The summed E-state index contributed by atoms with van der Waals surface area (Å²) in [6, 6.07) is 15.6. The Labute approximate surface area is 136 Å². The van der Waals surface area contributed by atoms with Gasteiger partial charge in [-0.25, -0.2) is 0 Å². The SMILES string of the molecule is COc1ccc(-n2cc(-c3ccccc3)nc([N+](=O)[O-])c2=O)cc1. The van der Waals surface area contributed by atoms with Crippen LogP contribution in [-0.4, -0.2) is 21.6 Å². The Morgan fingerprint density at radius 2 is 1.75 bits per heavy atom. The molecule has 0 saturated carbocycles. The van der Waals surface area contributed by atoms with Crippen molar-refractivity contribution < 1.29 is 9.66 Å². The molecule has 0 amide bonds. The van der Waals surface area contributed by atoms with Crippen molar-refractivity contribution in [2.24, 2.45) is 0 Å². The highest BCUT2D eigenvalue weighted by atomic mass is 16.6. The number of hydrogen-bond acceptors (Lipinski definition) is 5. The molecule has 0 atom stereocenters. The molecule has 120 valence electrons. The van der Waals surface area contributed by atoms with Gasteiger partial charge in [0.15, 0.2) is 5.69 Å². The van der Waals surface area contributed by atoms with Gasteiger partial charge in [0.25, 0.3) is 0 Å². The van der Waals surface area contributed by atoms with Crippen LogP contribution in [-0.2, 0) is 0 Å². The van der Waals surface area contributed by atoms with E-state index in [-0.39, 0.29) is 0 Å². The Morgan fingerprint density at radius 1 is 1.08 bits per heavy atom. The Kier molecular flexibility index (Phi) is 4.07. The molecule has 0 fully saturated rings. The zero-order valence-corrected chi connectivity index (χ0v) is 12.7. The molecule has 0 saturated heterocycles. The van der Waals surface area contributed by atoms with Gasteiger partial charge in [-0.15, -0.1) is 0 Å². The average molecular weight is 323 g/mol. The molecule has 0 radical (unpaired) electrons. The fraction of sp³-hybridized carbons (Fsp3) is 0.0588. The summed E-state index contributed by atoms with van der Waals surface area (Å²) in [7, 11) is 1.53. The summed E-state index contributed by atoms with van der Waals surface area (Å²) in [6.45, 7) is 0. The van der Waals surface area contributed by atoms with Crippen molar-refractivity contribution in [3.63, 3.8) is 0 Å². The summed E-state index contributed by atoms with van der Waals surface area (Å²) in [4.78, 5) is 26.7. The largest absolute Gasteiger partial charge is 0.497 e. The molecule has 7 nitrogen and oxygen atoms in total. The number of aromatic nitrogens is 2. The third kappa shape index (κ3) is 2.87. The van der Waals surface area contributed by atoms with Crippen LogP contribution in [0.2, 0.25) is 0 Å². The first kappa shape index (κ1) is 15.4.